The number of rotatable bonds is 3. The number of ether oxygens (including phenoxy) is 1. The maximum Gasteiger partial charge on any atom is 0.232 e. The number of methoxy groups -OCH3 is 1. The average Bonchev–Trinajstić information content (AvgIpc) is 3.05. The van der Waals surface area contributed by atoms with Gasteiger partial charge in [0.1, 0.15) is 5.02 Å². The molecule has 130 valence electrons. The molecule has 0 fully saturated rings. The summed E-state index contributed by atoms with van der Waals surface area (Å²) in [6.07, 6.45) is 1.69. The summed E-state index contributed by atoms with van der Waals surface area (Å²) in [6.45, 7) is 2.07. The van der Waals surface area contributed by atoms with Gasteiger partial charge in [-0.25, -0.2) is 4.98 Å². The molecule has 0 bridgehead atoms. The third-order valence-electron chi connectivity index (χ3n) is 4.52. The van der Waals surface area contributed by atoms with Gasteiger partial charge in [0.15, 0.2) is 0 Å². The van der Waals surface area contributed by atoms with E-state index in [0.29, 0.717) is 10.9 Å². The number of anilines is 1. The number of benzene rings is 2. The maximum atomic E-state index is 6.41. The number of fused-ring (bicyclic) bond motifs is 1. The van der Waals surface area contributed by atoms with Crippen molar-refractivity contribution in [3.8, 4) is 28.3 Å². The fourth-order valence-electron chi connectivity index (χ4n) is 3.23. The largest absolute Gasteiger partial charge is 0.480 e. The van der Waals surface area contributed by atoms with Gasteiger partial charge in [-0.1, -0.05) is 23.7 Å². The van der Waals surface area contributed by atoms with Crippen LogP contribution in [0.1, 0.15) is 5.56 Å². The highest BCUT2D eigenvalue weighted by Gasteiger charge is 2.13. The van der Waals surface area contributed by atoms with Gasteiger partial charge in [-0.3, -0.25) is 0 Å². The van der Waals surface area contributed by atoms with Gasteiger partial charge in [-0.15, -0.1) is 0 Å². The number of nitrogens with two attached hydrogens (primary N) is 1. The summed E-state index contributed by atoms with van der Waals surface area (Å²) >= 11 is 6.41. The molecule has 0 atom stereocenters. The van der Waals surface area contributed by atoms with Crippen molar-refractivity contribution in [2.45, 2.75) is 6.92 Å². The van der Waals surface area contributed by atoms with Crippen molar-refractivity contribution < 1.29 is 4.74 Å². The zero-order valence-corrected chi connectivity index (χ0v) is 15.3. The lowest BCUT2D eigenvalue weighted by molar-refractivity contribution is 0.398. The molecule has 0 saturated heterocycles. The Morgan fingerprint density at radius 3 is 2.65 bits per heavy atom. The molecule has 0 spiro atoms. The number of aromatic nitrogens is 2. The van der Waals surface area contributed by atoms with E-state index in [1.54, 1.807) is 13.3 Å². The van der Waals surface area contributed by atoms with Crippen LogP contribution in [0.5, 0.6) is 5.88 Å². The fraction of sp³-hybridized carbons (Fsp3) is 0.0952. The maximum absolute atomic E-state index is 6.41. The number of H-pyrrole nitrogens is 1. The van der Waals surface area contributed by atoms with Crippen LogP contribution < -0.4 is 10.5 Å². The SMILES string of the molecule is COc1nccc(-c2cc3cc(-c4ccc(N)cc4C)ccc3[nH]2)c1Cl. The first-order valence-electron chi connectivity index (χ1n) is 8.25. The number of hydrogen-bond acceptors (Lipinski definition) is 3. The van der Waals surface area contributed by atoms with Gasteiger partial charge >= 0.3 is 0 Å². The summed E-state index contributed by atoms with van der Waals surface area (Å²) < 4.78 is 5.21. The lowest BCUT2D eigenvalue weighted by Gasteiger charge is -2.07. The highest BCUT2D eigenvalue weighted by molar-refractivity contribution is 6.34. The normalized spacial score (nSPS) is 11.0. The van der Waals surface area contributed by atoms with E-state index in [9.17, 15) is 0 Å². The van der Waals surface area contributed by atoms with E-state index in [2.05, 4.69) is 47.2 Å². The molecule has 0 amide bonds. The number of nitrogens with one attached hydrogen (secondary N) is 1. The number of pyridine rings is 1. The third kappa shape index (κ3) is 2.78. The van der Waals surface area contributed by atoms with Crippen molar-refractivity contribution in [2.24, 2.45) is 0 Å². The molecule has 3 N–H and O–H groups in total. The molecular formula is C21H18ClN3O. The number of aromatic amines is 1. The highest BCUT2D eigenvalue weighted by Crippen LogP contribution is 2.35. The number of nitrogen functional groups attached to an aromatic ring is 1. The van der Waals surface area contributed by atoms with Crippen molar-refractivity contribution in [2.75, 3.05) is 12.8 Å². The standard InChI is InChI=1S/C21H18ClN3O/c1-12-9-15(23)4-5-16(12)13-3-6-18-14(10-13)11-19(25-18)17-7-8-24-21(26-2)20(17)22/h3-11,25H,23H2,1-2H3. The minimum atomic E-state index is 0.418. The molecule has 4 rings (SSSR count). The monoisotopic (exact) mass is 363 g/mol. The van der Waals surface area contributed by atoms with Crippen molar-refractivity contribution in [3.05, 3.63) is 65.3 Å². The molecule has 0 unspecified atom stereocenters. The Bertz CT molecular complexity index is 1120. The van der Waals surface area contributed by atoms with E-state index in [4.69, 9.17) is 22.1 Å². The Balaban J connectivity index is 1.82. The Morgan fingerprint density at radius 1 is 1.04 bits per heavy atom. The van der Waals surface area contributed by atoms with E-state index in [1.165, 1.54) is 5.56 Å². The molecule has 0 saturated carbocycles. The van der Waals surface area contributed by atoms with Gasteiger partial charge in [0.05, 0.1) is 7.11 Å². The van der Waals surface area contributed by atoms with Gasteiger partial charge in [0, 0.05) is 34.0 Å². The predicted molar refractivity (Wildman–Crippen MR) is 108 cm³/mol. The number of hydrogen-bond donors (Lipinski definition) is 2. The van der Waals surface area contributed by atoms with Crippen LogP contribution in [-0.4, -0.2) is 17.1 Å². The van der Waals surface area contributed by atoms with Gasteiger partial charge in [0.25, 0.3) is 0 Å². The van der Waals surface area contributed by atoms with Crippen LogP contribution in [0.3, 0.4) is 0 Å². The van der Waals surface area contributed by atoms with E-state index in [0.717, 1.165) is 39.0 Å². The predicted octanol–water partition coefficient (Wildman–Crippen LogP) is 5.45. The van der Waals surface area contributed by atoms with Crippen LogP contribution in [0, 0.1) is 6.92 Å². The molecule has 2 aromatic carbocycles. The molecule has 26 heavy (non-hydrogen) atoms. The Kier molecular flexibility index (Phi) is 4.05. The summed E-state index contributed by atoms with van der Waals surface area (Å²) in [5.41, 5.74) is 13.0. The zero-order valence-electron chi connectivity index (χ0n) is 14.5. The van der Waals surface area contributed by atoms with Crippen LogP contribution in [-0.2, 0) is 0 Å². The molecule has 0 aliphatic heterocycles. The van der Waals surface area contributed by atoms with Gasteiger partial charge in [0.2, 0.25) is 5.88 Å². The second-order valence-electron chi connectivity index (χ2n) is 6.24. The van der Waals surface area contributed by atoms with Crippen molar-refractivity contribution >= 4 is 28.2 Å². The highest BCUT2D eigenvalue weighted by atomic mass is 35.5. The van der Waals surface area contributed by atoms with E-state index < -0.39 is 0 Å². The second-order valence-corrected chi connectivity index (χ2v) is 6.62. The van der Waals surface area contributed by atoms with E-state index in [1.807, 2.05) is 18.2 Å². The van der Waals surface area contributed by atoms with Crippen molar-refractivity contribution in [1.29, 1.82) is 0 Å². The molecule has 0 aliphatic rings. The van der Waals surface area contributed by atoms with E-state index >= 15 is 0 Å². The first kappa shape index (κ1) is 16.5. The van der Waals surface area contributed by atoms with Crippen molar-refractivity contribution in [3.63, 3.8) is 0 Å². The zero-order chi connectivity index (χ0) is 18.3. The smallest absolute Gasteiger partial charge is 0.232 e. The Labute approximate surface area is 156 Å². The molecule has 2 aromatic heterocycles. The van der Waals surface area contributed by atoms with Crippen LogP contribution in [0.15, 0.2) is 54.7 Å². The van der Waals surface area contributed by atoms with Gasteiger partial charge < -0.3 is 15.5 Å². The summed E-state index contributed by atoms with van der Waals surface area (Å²) in [7, 11) is 1.56. The minimum absolute atomic E-state index is 0.418. The molecule has 5 heteroatoms. The summed E-state index contributed by atoms with van der Waals surface area (Å²) in [5, 5.41) is 1.61. The summed E-state index contributed by atoms with van der Waals surface area (Å²) in [6, 6.07) is 16.3. The first-order valence-corrected chi connectivity index (χ1v) is 8.63. The number of aryl methyl sites for hydroxylation is 1. The minimum Gasteiger partial charge on any atom is -0.480 e. The summed E-state index contributed by atoms with van der Waals surface area (Å²) in [5.74, 6) is 0.418. The molecular weight excluding hydrogens is 346 g/mol. The molecule has 0 radical (unpaired) electrons. The topological polar surface area (TPSA) is 63.9 Å². The van der Waals surface area contributed by atoms with Crippen LogP contribution in [0.2, 0.25) is 5.02 Å². The van der Waals surface area contributed by atoms with Gasteiger partial charge in [-0.2, -0.15) is 0 Å². The lowest BCUT2D eigenvalue weighted by Crippen LogP contribution is -1.90. The number of halogens is 1. The van der Waals surface area contributed by atoms with Crippen molar-refractivity contribution in [1.82, 2.24) is 9.97 Å². The molecule has 0 aliphatic carbocycles. The van der Waals surface area contributed by atoms with Crippen LogP contribution in [0.4, 0.5) is 5.69 Å². The molecule has 2 heterocycles. The second kappa shape index (κ2) is 6.39. The average molecular weight is 364 g/mol. The third-order valence-corrected chi connectivity index (χ3v) is 4.89. The van der Waals surface area contributed by atoms with E-state index in [-0.39, 0.29) is 0 Å². The molecule has 4 nitrogen and oxygen atoms in total. The van der Waals surface area contributed by atoms with Gasteiger partial charge in [-0.05, 0) is 60.0 Å². The lowest BCUT2D eigenvalue weighted by atomic mass is 9.99. The number of nitrogens with zero attached hydrogens (tertiary/aromatic N) is 1. The summed E-state index contributed by atoms with van der Waals surface area (Å²) in [4.78, 5) is 7.55. The Hall–Kier alpha value is -2.98. The van der Waals surface area contributed by atoms with Crippen LogP contribution in [0.25, 0.3) is 33.3 Å². The fourth-order valence-corrected chi connectivity index (χ4v) is 3.52. The Morgan fingerprint density at radius 2 is 1.88 bits per heavy atom. The first-order chi connectivity index (χ1) is 12.6. The van der Waals surface area contributed by atoms with Crippen LogP contribution >= 0.6 is 11.6 Å². The quantitative estimate of drug-likeness (QED) is 0.476. The molecule has 4 aromatic rings.